The van der Waals surface area contributed by atoms with Crippen molar-refractivity contribution in [3.63, 3.8) is 0 Å². The van der Waals surface area contributed by atoms with Crippen LogP contribution in [0.1, 0.15) is 6.42 Å². The summed E-state index contributed by atoms with van der Waals surface area (Å²) in [5.41, 5.74) is 1.29. The molecule has 1 aromatic carbocycles. The molecule has 0 aromatic heterocycles. The molecule has 1 aromatic rings. The second kappa shape index (κ2) is 4.18. The molecule has 0 saturated heterocycles. The maximum Gasteiger partial charge on any atom is 0.0950 e. The number of hydrogen-bond donors (Lipinski definition) is 0. The average Bonchev–Trinajstić information content (AvgIpc) is 2.30. The largest absolute Gasteiger partial charge is 0.501 e. The number of para-hydroxylation sites is 1. The zero-order valence-corrected chi connectivity index (χ0v) is 8.44. The fraction of sp³-hybridized carbons (Fsp3) is 0.333. The first-order chi connectivity index (χ1) is 6.90. The molecule has 2 heteroatoms. The van der Waals surface area contributed by atoms with Crippen LogP contribution in [0.25, 0.3) is 0 Å². The number of nitrogens with zero attached hydrogens (tertiary/aromatic N) is 1. The summed E-state index contributed by atoms with van der Waals surface area (Å²) < 4.78 is 5.21. The van der Waals surface area contributed by atoms with Crippen LogP contribution in [0.5, 0.6) is 0 Å². The minimum absolute atomic E-state index is 0.952. The summed E-state index contributed by atoms with van der Waals surface area (Å²) in [4.78, 5) is 2.35. The highest BCUT2D eigenvalue weighted by Gasteiger charge is 2.11. The Bertz CT molecular complexity index is 318. The van der Waals surface area contributed by atoms with Gasteiger partial charge in [-0.25, -0.2) is 0 Å². The predicted molar refractivity (Wildman–Crippen MR) is 58.4 cm³/mol. The van der Waals surface area contributed by atoms with Crippen molar-refractivity contribution in [1.82, 2.24) is 0 Å². The smallest absolute Gasteiger partial charge is 0.0950 e. The van der Waals surface area contributed by atoms with Gasteiger partial charge in [-0.15, -0.1) is 0 Å². The number of methoxy groups -OCH3 is 1. The van der Waals surface area contributed by atoms with Gasteiger partial charge in [-0.1, -0.05) is 18.2 Å². The summed E-state index contributed by atoms with van der Waals surface area (Å²) in [5, 5.41) is 0. The highest BCUT2D eigenvalue weighted by Crippen LogP contribution is 2.18. The van der Waals surface area contributed by atoms with Crippen LogP contribution in [0.4, 0.5) is 5.69 Å². The molecule has 74 valence electrons. The molecule has 0 N–H and O–H groups in total. The van der Waals surface area contributed by atoms with Gasteiger partial charge in [0.1, 0.15) is 0 Å². The Labute approximate surface area is 84.8 Å². The van der Waals surface area contributed by atoms with Gasteiger partial charge in [0, 0.05) is 25.2 Å². The molecule has 2 rings (SSSR count). The van der Waals surface area contributed by atoms with Gasteiger partial charge in [-0.2, -0.15) is 0 Å². The number of hydrogen-bond acceptors (Lipinski definition) is 2. The normalized spacial score (nSPS) is 16.4. The summed E-state index contributed by atoms with van der Waals surface area (Å²) in [6.45, 7) is 2.00. The van der Waals surface area contributed by atoms with E-state index in [0.29, 0.717) is 0 Å². The van der Waals surface area contributed by atoms with E-state index in [9.17, 15) is 0 Å². The maximum atomic E-state index is 5.21. The quantitative estimate of drug-likeness (QED) is 0.708. The van der Waals surface area contributed by atoms with E-state index in [1.807, 2.05) is 6.07 Å². The van der Waals surface area contributed by atoms with E-state index in [1.165, 1.54) is 5.69 Å². The molecule has 2 nitrogen and oxygen atoms in total. The lowest BCUT2D eigenvalue weighted by atomic mass is 10.2. The van der Waals surface area contributed by atoms with Crippen molar-refractivity contribution >= 4 is 5.69 Å². The van der Waals surface area contributed by atoms with Crippen molar-refractivity contribution < 1.29 is 4.74 Å². The average molecular weight is 189 g/mol. The summed E-state index contributed by atoms with van der Waals surface area (Å²) in [5.74, 6) is 1.11. The van der Waals surface area contributed by atoms with Gasteiger partial charge in [-0.3, -0.25) is 0 Å². The van der Waals surface area contributed by atoms with Crippen LogP contribution in [-0.4, -0.2) is 20.2 Å². The van der Waals surface area contributed by atoms with Crippen LogP contribution in [0.2, 0.25) is 0 Å². The molecule has 0 bridgehead atoms. The van der Waals surface area contributed by atoms with E-state index in [1.54, 1.807) is 7.11 Å². The molecule has 0 radical (unpaired) electrons. The van der Waals surface area contributed by atoms with Gasteiger partial charge >= 0.3 is 0 Å². The Morgan fingerprint density at radius 1 is 1.21 bits per heavy atom. The second-order valence-electron chi connectivity index (χ2n) is 3.41. The maximum absolute atomic E-state index is 5.21. The van der Waals surface area contributed by atoms with Crippen molar-refractivity contribution in [2.75, 3.05) is 25.1 Å². The predicted octanol–water partition coefficient (Wildman–Crippen LogP) is 2.43. The van der Waals surface area contributed by atoms with Crippen molar-refractivity contribution in [2.24, 2.45) is 0 Å². The molecule has 0 saturated carbocycles. The summed E-state index contributed by atoms with van der Waals surface area (Å²) in [6, 6.07) is 10.5. The van der Waals surface area contributed by atoms with Crippen molar-refractivity contribution in [1.29, 1.82) is 0 Å². The number of anilines is 1. The molecule has 1 aliphatic heterocycles. The van der Waals surface area contributed by atoms with Crippen LogP contribution >= 0.6 is 0 Å². The third kappa shape index (κ3) is 1.90. The second-order valence-corrected chi connectivity index (χ2v) is 3.41. The zero-order valence-electron chi connectivity index (χ0n) is 8.44. The summed E-state index contributed by atoms with van der Waals surface area (Å²) >= 11 is 0. The molecule has 0 aliphatic carbocycles. The molecule has 0 fully saturated rings. The fourth-order valence-electron chi connectivity index (χ4n) is 1.71. The Morgan fingerprint density at radius 3 is 2.57 bits per heavy atom. The lowest BCUT2D eigenvalue weighted by Crippen LogP contribution is -2.28. The summed E-state index contributed by atoms with van der Waals surface area (Å²) in [6.07, 6.45) is 3.15. The van der Waals surface area contributed by atoms with Crippen LogP contribution < -0.4 is 4.90 Å². The van der Waals surface area contributed by atoms with Gasteiger partial charge in [0.25, 0.3) is 0 Å². The lowest BCUT2D eigenvalue weighted by Gasteiger charge is -2.27. The van der Waals surface area contributed by atoms with E-state index in [4.69, 9.17) is 4.74 Å². The van der Waals surface area contributed by atoms with Crippen molar-refractivity contribution in [3.05, 3.63) is 42.2 Å². The third-order valence-corrected chi connectivity index (χ3v) is 2.55. The molecular formula is C12H15NO. The van der Waals surface area contributed by atoms with Gasteiger partial charge in [-0.05, 0) is 18.2 Å². The van der Waals surface area contributed by atoms with Gasteiger partial charge < -0.3 is 9.64 Å². The Balaban J connectivity index is 2.06. The molecule has 14 heavy (non-hydrogen) atoms. The highest BCUT2D eigenvalue weighted by molar-refractivity contribution is 5.47. The van der Waals surface area contributed by atoms with Crippen LogP contribution in [0.3, 0.4) is 0 Å². The monoisotopic (exact) mass is 189 g/mol. The van der Waals surface area contributed by atoms with Crippen molar-refractivity contribution in [3.8, 4) is 0 Å². The Kier molecular flexibility index (Phi) is 2.73. The standard InChI is InChI=1S/C12H15NO/c1-14-12-7-9-13(10-8-12)11-5-3-2-4-6-11/h2-7H,8-10H2,1H3. The highest BCUT2D eigenvalue weighted by atomic mass is 16.5. The molecule has 1 heterocycles. The molecule has 0 unspecified atom stereocenters. The molecule has 1 aliphatic rings. The minimum atomic E-state index is 0.952. The number of benzene rings is 1. The van der Waals surface area contributed by atoms with Crippen LogP contribution in [-0.2, 0) is 4.74 Å². The first-order valence-electron chi connectivity index (χ1n) is 4.93. The van der Waals surface area contributed by atoms with Gasteiger partial charge in [0.05, 0.1) is 12.9 Å². The topological polar surface area (TPSA) is 12.5 Å². The number of ether oxygens (including phenoxy) is 1. The van der Waals surface area contributed by atoms with Crippen LogP contribution in [0, 0.1) is 0 Å². The third-order valence-electron chi connectivity index (χ3n) is 2.55. The summed E-state index contributed by atoms with van der Waals surface area (Å²) in [7, 11) is 1.74. The molecule has 0 atom stereocenters. The van der Waals surface area contributed by atoms with E-state index < -0.39 is 0 Å². The Hall–Kier alpha value is -1.44. The van der Waals surface area contributed by atoms with E-state index in [-0.39, 0.29) is 0 Å². The van der Waals surface area contributed by atoms with Crippen molar-refractivity contribution in [2.45, 2.75) is 6.42 Å². The fourth-order valence-corrected chi connectivity index (χ4v) is 1.71. The molecule has 0 spiro atoms. The van der Waals surface area contributed by atoms with Gasteiger partial charge in [0.2, 0.25) is 0 Å². The number of rotatable bonds is 2. The van der Waals surface area contributed by atoms with E-state index >= 15 is 0 Å². The first-order valence-corrected chi connectivity index (χ1v) is 4.93. The zero-order chi connectivity index (χ0) is 9.80. The van der Waals surface area contributed by atoms with E-state index in [0.717, 1.165) is 25.3 Å². The minimum Gasteiger partial charge on any atom is -0.501 e. The first kappa shape index (κ1) is 9.13. The SMILES string of the molecule is COC1=CCN(c2ccccc2)CC1. The lowest BCUT2D eigenvalue weighted by molar-refractivity contribution is 0.272. The molecule has 0 amide bonds. The van der Waals surface area contributed by atoms with Gasteiger partial charge in [0.15, 0.2) is 0 Å². The molecular weight excluding hydrogens is 174 g/mol. The van der Waals surface area contributed by atoms with E-state index in [2.05, 4.69) is 35.2 Å². The Morgan fingerprint density at radius 2 is 2.00 bits per heavy atom. The van der Waals surface area contributed by atoms with Crippen LogP contribution in [0.15, 0.2) is 42.2 Å².